The molecule has 6 heteroatoms. The van der Waals surface area contributed by atoms with Gasteiger partial charge in [0.15, 0.2) is 9.84 Å². The van der Waals surface area contributed by atoms with Crippen LogP contribution in [0.5, 0.6) is 0 Å². The number of piperidine rings is 1. The fourth-order valence-corrected chi connectivity index (χ4v) is 3.20. The summed E-state index contributed by atoms with van der Waals surface area (Å²) in [6.07, 6.45) is 3.10. The Morgan fingerprint density at radius 3 is 2.41 bits per heavy atom. The Morgan fingerprint density at radius 2 is 1.88 bits per heavy atom. The molecule has 1 aliphatic heterocycles. The van der Waals surface area contributed by atoms with E-state index < -0.39 is 15.1 Å². The molecule has 0 radical (unpaired) electrons. The Labute approximate surface area is 103 Å². The quantitative estimate of drug-likeness (QED) is 0.758. The van der Waals surface area contributed by atoms with Crippen LogP contribution in [0.2, 0.25) is 0 Å². The second-order valence-electron chi connectivity index (χ2n) is 4.62. The molecule has 0 bridgehead atoms. The molecule has 5 nitrogen and oxygen atoms in total. The van der Waals surface area contributed by atoms with E-state index >= 15 is 0 Å². The standard InChI is InChI=1S/C11H22N2O3S/c1-10(8-12-2)17(15,16)9-11(14)13-6-4-3-5-7-13/h10,12H,3-9H2,1-2H3. The van der Waals surface area contributed by atoms with Crippen molar-refractivity contribution in [1.29, 1.82) is 0 Å². The molecule has 1 fully saturated rings. The van der Waals surface area contributed by atoms with Crippen molar-refractivity contribution in [2.45, 2.75) is 31.4 Å². The fourth-order valence-electron chi connectivity index (χ4n) is 1.96. The van der Waals surface area contributed by atoms with Crippen molar-refractivity contribution < 1.29 is 13.2 Å². The van der Waals surface area contributed by atoms with E-state index in [2.05, 4.69) is 5.32 Å². The molecular weight excluding hydrogens is 240 g/mol. The van der Waals surface area contributed by atoms with Gasteiger partial charge in [0, 0.05) is 19.6 Å². The van der Waals surface area contributed by atoms with Gasteiger partial charge in [-0.25, -0.2) is 8.42 Å². The average Bonchev–Trinajstić information content (AvgIpc) is 2.30. The topological polar surface area (TPSA) is 66.5 Å². The van der Waals surface area contributed by atoms with E-state index in [0.29, 0.717) is 19.6 Å². The van der Waals surface area contributed by atoms with Crippen molar-refractivity contribution in [3.8, 4) is 0 Å². The third-order valence-electron chi connectivity index (χ3n) is 3.14. The summed E-state index contributed by atoms with van der Waals surface area (Å²) in [5.41, 5.74) is 0. The minimum Gasteiger partial charge on any atom is -0.342 e. The van der Waals surface area contributed by atoms with E-state index in [4.69, 9.17) is 0 Å². The summed E-state index contributed by atoms with van der Waals surface area (Å²) in [6.45, 7) is 3.43. The molecule has 0 spiro atoms. The van der Waals surface area contributed by atoms with Crippen molar-refractivity contribution in [3.05, 3.63) is 0 Å². The molecule has 1 aliphatic rings. The maximum atomic E-state index is 11.9. The van der Waals surface area contributed by atoms with Gasteiger partial charge in [0.25, 0.3) is 0 Å². The molecule has 1 unspecified atom stereocenters. The molecule has 1 amide bonds. The van der Waals surface area contributed by atoms with Gasteiger partial charge < -0.3 is 10.2 Å². The van der Waals surface area contributed by atoms with E-state index in [1.54, 1.807) is 18.9 Å². The Bertz CT molecular complexity index is 348. The number of hydrogen-bond acceptors (Lipinski definition) is 4. The predicted molar refractivity (Wildman–Crippen MR) is 67.6 cm³/mol. The first kappa shape index (κ1) is 14.4. The maximum absolute atomic E-state index is 11.9. The molecule has 0 saturated carbocycles. The van der Waals surface area contributed by atoms with Gasteiger partial charge in [0.1, 0.15) is 5.75 Å². The van der Waals surface area contributed by atoms with E-state index in [0.717, 1.165) is 19.3 Å². The molecule has 0 aromatic heterocycles. The molecule has 1 heterocycles. The maximum Gasteiger partial charge on any atom is 0.237 e. The van der Waals surface area contributed by atoms with Crippen LogP contribution < -0.4 is 5.32 Å². The van der Waals surface area contributed by atoms with E-state index in [9.17, 15) is 13.2 Å². The zero-order valence-corrected chi connectivity index (χ0v) is 11.4. The smallest absolute Gasteiger partial charge is 0.237 e. The first-order chi connectivity index (χ1) is 7.97. The Morgan fingerprint density at radius 1 is 1.29 bits per heavy atom. The highest BCUT2D eigenvalue weighted by atomic mass is 32.2. The number of rotatable bonds is 5. The number of nitrogens with one attached hydrogen (secondary N) is 1. The lowest BCUT2D eigenvalue weighted by molar-refractivity contribution is -0.129. The molecule has 1 atom stereocenters. The van der Waals surface area contributed by atoms with Gasteiger partial charge in [0.2, 0.25) is 5.91 Å². The van der Waals surface area contributed by atoms with Crippen LogP contribution in [0.1, 0.15) is 26.2 Å². The fraction of sp³-hybridized carbons (Fsp3) is 0.909. The first-order valence-corrected chi connectivity index (χ1v) is 7.83. The van der Waals surface area contributed by atoms with Crippen LogP contribution in [0, 0.1) is 0 Å². The zero-order chi connectivity index (χ0) is 12.9. The number of carbonyl (C=O) groups excluding carboxylic acids is 1. The highest BCUT2D eigenvalue weighted by molar-refractivity contribution is 7.92. The molecule has 1 saturated heterocycles. The highest BCUT2D eigenvalue weighted by Gasteiger charge is 2.27. The first-order valence-electron chi connectivity index (χ1n) is 6.11. The van der Waals surface area contributed by atoms with Crippen molar-refractivity contribution in [2.75, 3.05) is 32.4 Å². The average molecular weight is 262 g/mol. The number of likely N-dealkylation sites (tertiary alicyclic amines) is 1. The Balaban J connectivity index is 2.54. The second-order valence-corrected chi connectivity index (χ2v) is 7.04. The van der Waals surface area contributed by atoms with Crippen LogP contribution in [0.15, 0.2) is 0 Å². The zero-order valence-electron chi connectivity index (χ0n) is 10.6. The van der Waals surface area contributed by atoms with Crippen molar-refractivity contribution >= 4 is 15.7 Å². The van der Waals surface area contributed by atoms with E-state index in [-0.39, 0.29) is 11.7 Å². The van der Waals surface area contributed by atoms with Crippen molar-refractivity contribution in [2.24, 2.45) is 0 Å². The molecule has 1 N–H and O–H groups in total. The van der Waals surface area contributed by atoms with Crippen LogP contribution in [-0.4, -0.2) is 56.9 Å². The van der Waals surface area contributed by atoms with Gasteiger partial charge in [-0.2, -0.15) is 0 Å². The summed E-state index contributed by atoms with van der Waals surface area (Å²) in [7, 11) is -1.62. The van der Waals surface area contributed by atoms with Crippen LogP contribution in [0.3, 0.4) is 0 Å². The normalized spacial score (nSPS) is 19.1. The summed E-state index contributed by atoms with van der Waals surface area (Å²) in [5.74, 6) is -0.594. The SMILES string of the molecule is CNCC(C)S(=O)(=O)CC(=O)N1CCCCC1. The van der Waals surface area contributed by atoms with E-state index in [1.165, 1.54) is 0 Å². The number of nitrogens with zero attached hydrogens (tertiary/aromatic N) is 1. The molecular formula is C11H22N2O3S. The summed E-state index contributed by atoms with van der Waals surface area (Å²) in [5, 5.41) is 2.31. The minimum atomic E-state index is -3.32. The number of sulfone groups is 1. The summed E-state index contributed by atoms with van der Waals surface area (Å²) in [6, 6.07) is 0. The van der Waals surface area contributed by atoms with Crippen LogP contribution in [-0.2, 0) is 14.6 Å². The highest BCUT2D eigenvalue weighted by Crippen LogP contribution is 2.10. The van der Waals surface area contributed by atoms with Gasteiger partial charge in [0.05, 0.1) is 5.25 Å². The Kier molecular flexibility index (Phi) is 5.39. The third kappa shape index (κ3) is 4.27. The van der Waals surface area contributed by atoms with Gasteiger partial charge in [-0.3, -0.25) is 4.79 Å². The number of hydrogen-bond donors (Lipinski definition) is 1. The van der Waals surface area contributed by atoms with E-state index in [1.807, 2.05) is 0 Å². The molecule has 1 rings (SSSR count). The number of carbonyl (C=O) groups is 1. The van der Waals surface area contributed by atoms with Gasteiger partial charge in [-0.1, -0.05) is 0 Å². The van der Waals surface area contributed by atoms with Crippen LogP contribution in [0.4, 0.5) is 0 Å². The lowest BCUT2D eigenvalue weighted by Gasteiger charge is -2.27. The monoisotopic (exact) mass is 262 g/mol. The minimum absolute atomic E-state index is 0.243. The van der Waals surface area contributed by atoms with Crippen molar-refractivity contribution in [1.82, 2.24) is 10.2 Å². The molecule has 0 aromatic rings. The van der Waals surface area contributed by atoms with Gasteiger partial charge in [-0.15, -0.1) is 0 Å². The summed E-state index contributed by atoms with van der Waals surface area (Å²) < 4.78 is 23.8. The largest absolute Gasteiger partial charge is 0.342 e. The lowest BCUT2D eigenvalue weighted by Crippen LogP contribution is -2.42. The van der Waals surface area contributed by atoms with Gasteiger partial charge in [-0.05, 0) is 33.2 Å². The van der Waals surface area contributed by atoms with Crippen molar-refractivity contribution in [3.63, 3.8) is 0 Å². The molecule has 0 aromatic carbocycles. The lowest BCUT2D eigenvalue weighted by atomic mass is 10.1. The molecule has 17 heavy (non-hydrogen) atoms. The summed E-state index contributed by atoms with van der Waals surface area (Å²) in [4.78, 5) is 13.5. The van der Waals surface area contributed by atoms with Gasteiger partial charge >= 0.3 is 0 Å². The molecule has 0 aliphatic carbocycles. The third-order valence-corrected chi connectivity index (χ3v) is 5.18. The number of amides is 1. The van der Waals surface area contributed by atoms with Crippen LogP contribution >= 0.6 is 0 Å². The Hall–Kier alpha value is -0.620. The second kappa shape index (κ2) is 6.35. The van der Waals surface area contributed by atoms with Crippen LogP contribution in [0.25, 0.3) is 0 Å². The summed E-state index contributed by atoms with van der Waals surface area (Å²) >= 11 is 0. The predicted octanol–water partition coefficient (Wildman–Crippen LogP) is 0.0216. The molecule has 100 valence electrons.